The summed E-state index contributed by atoms with van der Waals surface area (Å²) in [6.45, 7) is 0.981. The molecule has 0 spiro atoms. The van der Waals surface area contributed by atoms with Crippen LogP contribution in [0.2, 0.25) is 0 Å². The quantitative estimate of drug-likeness (QED) is 0.888. The largest absolute Gasteiger partial charge is 0.387 e. The number of hydrogen-bond donors (Lipinski definition) is 2. The second-order valence-corrected chi connectivity index (χ2v) is 7.16. The summed E-state index contributed by atoms with van der Waals surface area (Å²) < 4.78 is 35.9. The molecule has 1 aliphatic rings. The number of halogens is 1. The van der Waals surface area contributed by atoms with E-state index >= 15 is 0 Å². The van der Waals surface area contributed by atoms with E-state index in [1.165, 1.54) is 36.4 Å². The van der Waals surface area contributed by atoms with E-state index < -0.39 is 16.1 Å². The van der Waals surface area contributed by atoms with Crippen LogP contribution >= 0.6 is 0 Å². The standard InChI is InChI=1S/C16H17FN2O3S/c17-13-4-1-12(2-5-13)16(20)10-19-8-7-11-3-6-14(9-15(11)19)23(18,21)22/h1-6,9,16,20H,7-8,10H2,(H2,18,21,22). The van der Waals surface area contributed by atoms with Gasteiger partial charge >= 0.3 is 0 Å². The molecule has 23 heavy (non-hydrogen) atoms. The molecule has 1 unspecified atom stereocenters. The van der Waals surface area contributed by atoms with E-state index in [1.807, 2.05) is 4.90 Å². The zero-order chi connectivity index (χ0) is 16.6. The first-order valence-corrected chi connectivity index (χ1v) is 8.73. The molecule has 0 aromatic heterocycles. The SMILES string of the molecule is NS(=O)(=O)c1ccc2c(c1)N(CC(O)c1ccc(F)cc1)CC2. The minimum absolute atomic E-state index is 0.0550. The average molecular weight is 336 g/mol. The van der Waals surface area contributed by atoms with Crippen LogP contribution in [0.4, 0.5) is 10.1 Å². The van der Waals surface area contributed by atoms with Crippen LogP contribution in [0.3, 0.4) is 0 Å². The van der Waals surface area contributed by atoms with E-state index in [4.69, 9.17) is 5.14 Å². The highest BCUT2D eigenvalue weighted by atomic mass is 32.2. The maximum atomic E-state index is 12.9. The van der Waals surface area contributed by atoms with Gasteiger partial charge in [-0.25, -0.2) is 17.9 Å². The van der Waals surface area contributed by atoms with E-state index in [1.54, 1.807) is 6.07 Å². The Morgan fingerprint density at radius 3 is 2.57 bits per heavy atom. The van der Waals surface area contributed by atoms with Crippen molar-refractivity contribution in [3.8, 4) is 0 Å². The van der Waals surface area contributed by atoms with Crippen LogP contribution < -0.4 is 10.0 Å². The Labute approximate surface area is 134 Å². The Bertz CT molecular complexity index is 822. The third-order valence-electron chi connectivity index (χ3n) is 4.03. The van der Waals surface area contributed by atoms with Crippen molar-refractivity contribution in [2.24, 2.45) is 5.14 Å². The molecule has 0 saturated carbocycles. The van der Waals surface area contributed by atoms with Crippen LogP contribution in [-0.2, 0) is 16.4 Å². The van der Waals surface area contributed by atoms with E-state index in [2.05, 4.69) is 0 Å². The van der Waals surface area contributed by atoms with Crippen molar-refractivity contribution >= 4 is 15.7 Å². The van der Waals surface area contributed by atoms with Crippen LogP contribution in [-0.4, -0.2) is 26.6 Å². The van der Waals surface area contributed by atoms with Gasteiger partial charge in [0.2, 0.25) is 10.0 Å². The third kappa shape index (κ3) is 3.36. The van der Waals surface area contributed by atoms with E-state index in [9.17, 15) is 17.9 Å². The maximum Gasteiger partial charge on any atom is 0.238 e. The molecule has 0 amide bonds. The summed E-state index contributed by atoms with van der Waals surface area (Å²) in [6, 6.07) is 10.5. The zero-order valence-electron chi connectivity index (χ0n) is 12.3. The van der Waals surface area contributed by atoms with Crippen molar-refractivity contribution < 1.29 is 17.9 Å². The van der Waals surface area contributed by atoms with E-state index in [-0.39, 0.29) is 10.7 Å². The molecule has 0 saturated heterocycles. The first-order chi connectivity index (χ1) is 10.8. The normalized spacial score (nSPS) is 15.5. The number of fused-ring (bicyclic) bond motifs is 1. The number of aliphatic hydroxyl groups is 1. The minimum atomic E-state index is -3.76. The summed E-state index contributed by atoms with van der Waals surface area (Å²) >= 11 is 0. The van der Waals surface area contributed by atoms with Gasteiger partial charge in [0.1, 0.15) is 5.82 Å². The lowest BCUT2D eigenvalue weighted by Gasteiger charge is -2.23. The molecular formula is C16H17FN2O3S. The predicted molar refractivity (Wildman–Crippen MR) is 85.1 cm³/mol. The number of rotatable bonds is 4. The van der Waals surface area contributed by atoms with Crippen molar-refractivity contribution in [2.45, 2.75) is 17.4 Å². The van der Waals surface area contributed by atoms with Gasteiger partial charge in [0, 0.05) is 18.8 Å². The Morgan fingerprint density at radius 2 is 1.91 bits per heavy atom. The summed E-state index contributed by atoms with van der Waals surface area (Å²) in [5, 5.41) is 15.5. The second kappa shape index (κ2) is 5.92. The summed E-state index contributed by atoms with van der Waals surface area (Å²) in [7, 11) is -3.76. The van der Waals surface area contributed by atoms with Crippen molar-refractivity contribution in [2.75, 3.05) is 18.0 Å². The van der Waals surface area contributed by atoms with Gasteiger partial charge in [0.15, 0.2) is 0 Å². The van der Waals surface area contributed by atoms with E-state index in [0.717, 1.165) is 17.7 Å². The molecule has 0 aliphatic carbocycles. The first-order valence-electron chi connectivity index (χ1n) is 7.19. The topological polar surface area (TPSA) is 83.6 Å². The van der Waals surface area contributed by atoms with Crippen molar-refractivity contribution in [3.05, 3.63) is 59.4 Å². The molecule has 1 aliphatic heterocycles. The lowest BCUT2D eigenvalue weighted by Crippen LogP contribution is -2.27. The fraction of sp³-hybridized carbons (Fsp3) is 0.250. The Morgan fingerprint density at radius 1 is 1.22 bits per heavy atom. The molecule has 5 nitrogen and oxygen atoms in total. The summed E-state index contributed by atoms with van der Waals surface area (Å²) in [5.74, 6) is -0.356. The fourth-order valence-corrected chi connectivity index (χ4v) is 3.32. The minimum Gasteiger partial charge on any atom is -0.387 e. The van der Waals surface area contributed by atoms with Crippen molar-refractivity contribution in [3.63, 3.8) is 0 Å². The van der Waals surface area contributed by atoms with Gasteiger partial charge in [-0.2, -0.15) is 0 Å². The molecule has 1 atom stereocenters. The monoisotopic (exact) mass is 336 g/mol. The lowest BCUT2D eigenvalue weighted by atomic mass is 10.1. The maximum absolute atomic E-state index is 12.9. The molecule has 7 heteroatoms. The van der Waals surface area contributed by atoms with Crippen LogP contribution in [0.15, 0.2) is 47.4 Å². The molecule has 0 radical (unpaired) electrons. The second-order valence-electron chi connectivity index (χ2n) is 5.60. The van der Waals surface area contributed by atoms with Gasteiger partial charge in [-0.3, -0.25) is 0 Å². The molecule has 0 bridgehead atoms. The molecule has 2 aromatic carbocycles. The third-order valence-corrected chi connectivity index (χ3v) is 4.94. The van der Waals surface area contributed by atoms with Gasteiger partial charge in [0.05, 0.1) is 11.0 Å². The molecule has 3 N–H and O–H groups in total. The Kier molecular flexibility index (Phi) is 4.09. The smallest absolute Gasteiger partial charge is 0.238 e. The Balaban J connectivity index is 1.83. The zero-order valence-corrected chi connectivity index (χ0v) is 13.1. The number of β-amino-alcohol motifs (C(OH)–C–C–N with tert-alkyl or cyclic N) is 1. The summed E-state index contributed by atoms with van der Waals surface area (Å²) in [4.78, 5) is 1.97. The van der Waals surface area contributed by atoms with Crippen molar-refractivity contribution in [1.82, 2.24) is 0 Å². The van der Waals surface area contributed by atoms with Crippen LogP contribution in [0.25, 0.3) is 0 Å². The predicted octanol–water partition coefficient (Wildman–Crippen LogP) is 1.57. The highest BCUT2D eigenvalue weighted by molar-refractivity contribution is 7.89. The number of nitrogens with two attached hydrogens (primary N) is 1. The number of anilines is 1. The highest BCUT2D eigenvalue weighted by Gasteiger charge is 2.24. The summed E-state index contributed by atoms with van der Waals surface area (Å²) in [5.41, 5.74) is 2.39. The summed E-state index contributed by atoms with van der Waals surface area (Å²) in [6.07, 6.45) is -0.0178. The number of primary sulfonamides is 1. The average Bonchev–Trinajstić information content (AvgIpc) is 2.89. The molecule has 122 valence electrons. The number of benzene rings is 2. The number of aliphatic hydroxyl groups excluding tert-OH is 1. The van der Waals surface area contributed by atoms with Gasteiger partial charge in [0.25, 0.3) is 0 Å². The molecule has 0 fully saturated rings. The highest BCUT2D eigenvalue weighted by Crippen LogP contribution is 2.31. The number of nitrogens with zero attached hydrogens (tertiary/aromatic N) is 1. The van der Waals surface area contributed by atoms with Gasteiger partial charge < -0.3 is 10.0 Å². The lowest BCUT2D eigenvalue weighted by molar-refractivity contribution is 0.184. The molecule has 1 heterocycles. The van der Waals surface area contributed by atoms with Crippen LogP contribution in [0.1, 0.15) is 17.2 Å². The van der Waals surface area contributed by atoms with E-state index in [0.29, 0.717) is 18.7 Å². The van der Waals surface area contributed by atoms with Gasteiger partial charge in [-0.15, -0.1) is 0 Å². The fourth-order valence-electron chi connectivity index (χ4n) is 2.79. The molecule has 3 rings (SSSR count). The van der Waals surface area contributed by atoms with Gasteiger partial charge in [-0.1, -0.05) is 18.2 Å². The van der Waals surface area contributed by atoms with Crippen molar-refractivity contribution in [1.29, 1.82) is 0 Å². The molecule has 2 aromatic rings. The number of hydrogen-bond acceptors (Lipinski definition) is 4. The first kappa shape index (κ1) is 15.9. The number of sulfonamides is 1. The Hall–Kier alpha value is -1.96. The van der Waals surface area contributed by atoms with Crippen LogP contribution in [0.5, 0.6) is 0 Å². The molecular weight excluding hydrogens is 319 g/mol. The van der Waals surface area contributed by atoms with Gasteiger partial charge in [-0.05, 0) is 41.8 Å². The van der Waals surface area contributed by atoms with Crippen LogP contribution in [0, 0.1) is 5.82 Å².